The number of hydrogen-bond donors (Lipinski definition) is 2. The Morgan fingerprint density at radius 1 is 1.16 bits per heavy atom. The van der Waals surface area contributed by atoms with E-state index in [0.29, 0.717) is 22.5 Å². The number of rotatable bonds is 3. The molecule has 0 atom stereocenters. The van der Waals surface area contributed by atoms with E-state index in [1.54, 1.807) is 24.3 Å². The van der Waals surface area contributed by atoms with Crippen LogP contribution in [0.5, 0.6) is 0 Å². The predicted molar refractivity (Wildman–Crippen MR) is 91.5 cm³/mol. The number of imidazole rings is 1. The molecule has 0 saturated heterocycles. The van der Waals surface area contributed by atoms with E-state index in [1.165, 1.54) is 12.3 Å². The van der Waals surface area contributed by atoms with E-state index < -0.39 is 0 Å². The van der Waals surface area contributed by atoms with Crippen molar-refractivity contribution in [1.82, 2.24) is 14.9 Å². The first-order valence-corrected chi connectivity index (χ1v) is 7.62. The Hall–Kier alpha value is -3.61. The zero-order valence-electron chi connectivity index (χ0n) is 13.3. The van der Waals surface area contributed by atoms with E-state index in [2.05, 4.69) is 15.5 Å². The summed E-state index contributed by atoms with van der Waals surface area (Å²) in [6.45, 7) is 1.96. The fourth-order valence-electron chi connectivity index (χ4n) is 2.59. The second kappa shape index (κ2) is 5.79. The van der Waals surface area contributed by atoms with E-state index in [-0.39, 0.29) is 11.7 Å². The summed E-state index contributed by atoms with van der Waals surface area (Å²) in [5, 5.41) is 16.6. The monoisotopic (exact) mass is 334 g/mol. The fraction of sp³-hybridized carbons (Fsp3) is 0.0556. The molecule has 0 radical (unpaired) electrons. The minimum atomic E-state index is -0.380. The smallest absolute Gasteiger partial charge is 0.294 e. The Morgan fingerprint density at radius 3 is 2.68 bits per heavy atom. The highest BCUT2D eigenvalue weighted by Gasteiger charge is 2.13. The maximum absolute atomic E-state index is 11.9. The first-order valence-electron chi connectivity index (χ1n) is 7.62. The standard InChI is InChI=1S/C18H14N4O3/c1-11-2-7-14-15(10-11)22(24)17(21-14)12-3-5-13(6-4-12)20-18(23)16-8-9-19-25-16/h2-10,24H,1H3,(H,20,23). The van der Waals surface area contributed by atoms with Crippen molar-refractivity contribution in [3.63, 3.8) is 0 Å². The van der Waals surface area contributed by atoms with Gasteiger partial charge in [0.1, 0.15) is 5.52 Å². The van der Waals surface area contributed by atoms with Gasteiger partial charge in [-0.3, -0.25) is 4.79 Å². The molecule has 0 spiro atoms. The number of amides is 1. The van der Waals surface area contributed by atoms with Crippen LogP contribution in [0, 0.1) is 6.92 Å². The lowest BCUT2D eigenvalue weighted by Crippen LogP contribution is -2.10. The average molecular weight is 334 g/mol. The first-order chi connectivity index (χ1) is 12.1. The Kier molecular flexibility index (Phi) is 3.46. The number of fused-ring (bicyclic) bond motifs is 1. The lowest BCUT2D eigenvalue weighted by Gasteiger charge is -2.05. The molecule has 25 heavy (non-hydrogen) atoms. The van der Waals surface area contributed by atoms with Crippen molar-refractivity contribution < 1.29 is 14.5 Å². The quantitative estimate of drug-likeness (QED) is 0.559. The van der Waals surface area contributed by atoms with Crippen molar-refractivity contribution >= 4 is 22.6 Å². The lowest BCUT2D eigenvalue weighted by molar-refractivity contribution is 0.0988. The number of nitrogens with zero attached hydrogens (tertiary/aromatic N) is 3. The molecule has 2 aromatic heterocycles. The Balaban J connectivity index is 1.62. The van der Waals surface area contributed by atoms with E-state index >= 15 is 0 Å². The van der Waals surface area contributed by atoms with E-state index in [1.807, 2.05) is 25.1 Å². The van der Waals surface area contributed by atoms with Crippen LogP contribution in [0.2, 0.25) is 0 Å². The summed E-state index contributed by atoms with van der Waals surface area (Å²) in [5.41, 5.74) is 3.74. The molecule has 0 aliphatic heterocycles. The minimum Gasteiger partial charge on any atom is -0.426 e. The van der Waals surface area contributed by atoms with Gasteiger partial charge in [0.15, 0.2) is 5.82 Å². The second-order valence-electron chi connectivity index (χ2n) is 5.65. The Bertz CT molecular complexity index is 1050. The molecule has 0 aliphatic carbocycles. The van der Waals surface area contributed by atoms with Crippen molar-refractivity contribution in [1.29, 1.82) is 0 Å². The zero-order valence-corrected chi connectivity index (χ0v) is 13.3. The molecule has 7 nitrogen and oxygen atoms in total. The van der Waals surface area contributed by atoms with Crippen molar-refractivity contribution in [2.45, 2.75) is 6.92 Å². The van der Waals surface area contributed by atoms with Gasteiger partial charge in [-0.25, -0.2) is 4.98 Å². The molecule has 0 unspecified atom stereocenters. The van der Waals surface area contributed by atoms with Crippen LogP contribution in [0.4, 0.5) is 5.69 Å². The molecule has 4 aromatic rings. The summed E-state index contributed by atoms with van der Waals surface area (Å²) < 4.78 is 5.88. The maximum atomic E-state index is 11.9. The summed E-state index contributed by atoms with van der Waals surface area (Å²) in [6, 6.07) is 14.2. The molecular weight excluding hydrogens is 320 g/mol. The van der Waals surface area contributed by atoms with Crippen molar-refractivity contribution in [2.75, 3.05) is 5.32 Å². The van der Waals surface area contributed by atoms with Gasteiger partial charge in [-0.05, 0) is 48.9 Å². The third kappa shape index (κ3) is 2.72. The Morgan fingerprint density at radius 2 is 1.96 bits per heavy atom. The molecule has 0 fully saturated rings. The van der Waals surface area contributed by atoms with E-state index in [9.17, 15) is 10.0 Å². The van der Waals surface area contributed by atoms with Crippen LogP contribution < -0.4 is 5.32 Å². The summed E-state index contributed by atoms with van der Waals surface area (Å²) in [7, 11) is 0. The highest BCUT2D eigenvalue weighted by atomic mass is 16.5. The van der Waals surface area contributed by atoms with Gasteiger partial charge in [-0.1, -0.05) is 11.2 Å². The third-order valence-corrected chi connectivity index (χ3v) is 3.85. The molecule has 7 heteroatoms. The Labute approximate surface area is 142 Å². The molecular formula is C18H14N4O3. The van der Waals surface area contributed by atoms with Gasteiger partial charge in [-0.15, -0.1) is 0 Å². The number of benzene rings is 2. The summed E-state index contributed by atoms with van der Waals surface area (Å²) in [5.74, 6) is 0.195. The average Bonchev–Trinajstić information content (AvgIpc) is 3.25. The number of carbonyl (C=O) groups excluding carboxylic acids is 1. The van der Waals surface area contributed by atoms with Crippen LogP contribution in [0.1, 0.15) is 16.1 Å². The summed E-state index contributed by atoms with van der Waals surface area (Å²) >= 11 is 0. The molecule has 1 amide bonds. The number of aryl methyl sites for hydroxylation is 1. The molecule has 4 rings (SSSR count). The van der Waals surface area contributed by atoms with Crippen LogP contribution in [0.25, 0.3) is 22.4 Å². The number of carbonyl (C=O) groups is 1. The van der Waals surface area contributed by atoms with Crippen LogP contribution in [0.3, 0.4) is 0 Å². The van der Waals surface area contributed by atoms with Gasteiger partial charge in [0.05, 0.1) is 11.7 Å². The first kappa shape index (κ1) is 14.9. The van der Waals surface area contributed by atoms with Gasteiger partial charge in [0.2, 0.25) is 5.76 Å². The third-order valence-electron chi connectivity index (χ3n) is 3.85. The minimum absolute atomic E-state index is 0.136. The van der Waals surface area contributed by atoms with Gasteiger partial charge < -0.3 is 15.0 Å². The van der Waals surface area contributed by atoms with Crippen molar-refractivity contribution in [3.05, 3.63) is 66.1 Å². The molecule has 2 aromatic carbocycles. The number of nitrogens with one attached hydrogen (secondary N) is 1. The molecule has 2 heterocycles. The van der Waals surface area contributed by atoms with Crippen LogP contribution in [0.15, 0.2) is 59.3 Å². The largest absolute Gasteiger partial charge is 0.426 e. The topological polar surface area (TPSA) is 93.2 Å². The molecule has 0 saturated carbocycles. The second-order valence-corrected chi connectivity index (χ2v) is 5.65. The van der Waals surface area contributed by atoms with Crippen LogP contribution in [-0.2, 0) is 0 Å². The van der Waals surface area contributed by atoms with E-state index in [0.717, 1.165) is 15.9 Å². The zero-order chi connectivity index (χ0) is 17.4. The maximum Gasteiger partial charge on any atom is 0.294 e. The number of anilines is 1. The number of hydrogen-bond acceptors (Lipinski definition) is 5. The molecule has 0 bridgehead atoms. The molecule has 124 valence electrons. The van der Waals surface area contributed by atoms with Gasteiger partial charge >= 0.3 is 0 Å². The van der Waals surface area contributed by atoms with Crippen LogP contribution in [-0.4, -0.2) is 26.0 Å². The number of aromatic nitrogens is 3. The van der Waals surface area contributed by atoms with Crippen LogP contribution >= 0.6 is 0 Å². The lowest BCUT2D eigenvalue weighted by atomic mass is 10.2. The van der Waals surface area contributed by atoms with Crippen molar-refractivity contribution in [2.24, 2.45) is 0 Å². The van der Waals surface area contributed by atoms with Crippen molar-refractivity contribution in [3.8, 4) is 11.4 Å². The van der Waals surface area contributed by atoms with Gasteiger partial charge in [0.25, 0.3) is 5.91 Å². The SMILES string of the molecule is Cc1ccc2nc(-c3ccc(NC(=O)c4ccno4)cc3)n(O)c2c1. The summed E-state index contributed by atoms with van der Waals surface area (Å²) in [4.78, 5) is 16.4. The molecule has 2 N–H and O–H groups in total. The highest BCUT2D eigenvalue weighted by molar-refractivity contribution is 6.02. The van der Waals surface area contributed by atoms with Gasteiger partial charge in [-0.2, -0.15) is 4.73 Å². The van der Waals surface area contributed by atoms with Gasteiger partial charge in [0, 0.05) is 17.3 Å². The normalized spacial score (nSPS) is 10.9. The predicted octanol–water partition coefficient (Wildman–Crippen LogP) is 3.49. The fourth-order valence-corrected chi connectivity index (χ4v) is 2.59. The van der Waals surface area contributed by atoms with E-state index in [4.69, 9.17) is 4.52 Å². The highest BCUT2D eigenvalue weighted by Crippen LogP contribution is 2.25. The molecule has 0 aliphatic rings. The summed E-state index contributed by atoms with van der Waals surface area (Å²) in [6.07, 6.45) is 1.41.